The highest BCUT2D eigenvalue weighted by Crippen LogP contribution is 2.23. The Labute approximate surface area is 135 Å². The minimum absolute atomic E-state index is 0.113. The standard InChI is InChI=1S/C20H18N2O/c1-3-7-15-9-4-8-14(2)18(15)20(23)22-17-12-5-10-16-11-6-13-21-19(16)17/h3-6,8-13H,1,7H2,2H3,(H,22,23). The highest BCUT2D eigenvalue weighted by atomic mass is 16.1. The lowest BCUT2D eigenvalue weighted by Crippen LogP contribution is -2.16. The first kappa shape index (κ1) is 15.0. The summed E-state index contributed by atoms with van der Waals surface area (Å²) in [7, 11) is 0. The van der Waals surface area contributed by atoms with Crippen LogP contribution >= 0.6 is 0 Å². The van der Waals surface area contributed by atoms with Gasteiger partial charge in [-0.15, -0.1) is 6.58 Å². The summed E-state index contributed by atoms with van der Waals surface area (Å²) in [6.07, 6.45) is 4.21. The molecule has 0 aliphatic rings. The first-order chi connectivity index (χ1) is 11.2. The normalized spacial score (nSPS) is 10.5. The van der Waals surface area contributed by atoms with E-state index < -0.39 is 0 Å². The van der Waals surface area contributed by atoms with Crippen molar-refractivity contribution >= 4 is 22.5 Å². The first-order valence-electron chi connectivity index (χ1n) is 7.55. The molecule has 1 aromatic heterocycles. The molecule has 0 radical (unpaired) electrons. The quantitative estimate of drug-likeness (QED) is 0.720. The van der Waals surface area contributed by atoms with Crippen molar-refractivity contribution in [1.29, 1.82) is 0 Å². The van der Waals surface area contributed by atoms with E-state index in [0.717, 1.165) is 27.7 Å². The maximum Gasteiger partial charge on any atom is 0.256 e. The van der Waals surface area contributed by atoms with Crippen molar-refractivity contribution in [3.8, 4) is 0 Å². The number of aryl methyl sites for hydroxylation is 1. The Morgan fingerprint density at radius 3 is 2.78 bits per heavy atom. The van der Waals surface area contributed by atoms with Crippen LogP contribution in [0.15, 0.2) is 67.4 Å². The molecule has 3 nitrogen and oxygen atoms in total. The van der Waals surface area contributed by atoms with E-state index in [0.29, 0.717) is 12.0 Å². The number of aromatic nitrogens is 1. The highest BCUT2D eigenvalue weighted by Gasteiger charge is 2.15. The fourth-order valence-corrected chi connectivity index (χ4v) is 2.77. The summed E-state index contributed by atoms with van der Waals surface area (Å²) in [4.78, 5) is 17.2. The number of carbonyl (C=O) groups excluding carboxylic acids is 1. The molecule has 2 aromatic carbocycles. The van der Waals surface area contributed by atoms with Crippen LogP contribution in [0.5, 0.6) is 0 Å². The van der Waals surface area contributed by atoms with Crippen molar-refractivity contribution in [2.75, 3.05) is 5.32 Å². The predicted octanol–water partition coefficient (Wildman–Crippen LogP) is 4.52. The zero-order chi connectivity index (χ0) is 16.2. The summed E-state index contributed by atoms with van der Waals surface area (Å²) in [5, 5.41) is 4.01. The smallest absolute Gasteiger partial charge is 0.256 e. The molecule has 1 amide bonds. The third-order valence-electron chi connectivity index (χ3n) is 3.83. The summed E-state index contributed by atoms with van der Waals surface area (Å²) >= 11 is 0. The van der Waals surface area contributed by atoms with Crippen LogP contribution < -0.4 is 5.32 Å². The van der Waals surface area contributed by atoms with Crippen molar-refractivity contribution in [3.63, 3.8) is 0 Å². The van der Waals surface area contributed by atoms with Crippen LogP contribution in [0.2, 0.25) is 0 Å². The fourth-order valence-electron chi connectivity index (χ4n) is 2.77. The van der Waals surface area contributed by atoms with Crippen molar-refractivity contribution in [3.05, 3.63) is 84.1 Å². The lowest BCUT2D eigenvalue weighted by atomic mass is 9.98. The van der Waals surface area contributed by atoms with Gasteiger partial charge in [-0.3, -0.25) is 9.78 Å². The van der Waals surface area contributed by atoms with Crippen LogP contribution in [-0.2, 0) is 6.42 Å². The molecule has 0 aliphatic heterocycles. The molecule has 0 saturated heterocycles. The molecule has 3 heteroatoms. The second-order valence-electron chi connectivity index (χ2n) is 5.44. The topological polar surface area (TPSA) is 42.0 Å². The summed E-state index contributed by atoms with van der Waals surface area (Å²) in [5.41, 5.74) is 4.16. The summed E-state index contributed by atoms with van der Waals surface area (Å²) < 4.78 is 0. The Balaban J connectivity index is 2.00. The maximum absolute atomic E-state index is 12.8. The van der Waals surface area contributed by atoms with Gasteiger partial charge in [0.2, 0.25) is 0 Å². The predicted molar refractivity (Wildman–Crippen MR) is 94.8 cm³/mol. The van der Waals surface area contributed by atoms with Crippen LogP contribution in [0.4, 0.5) is 5.69 Å². The van der Waals surface area contributed by atoms with E-state index in [1.165, 1.54) is 0 Å². The zero-order valence-electron chi connectivity index (χ0n) is 13.0. The Bertz CT molecular complexity index is 878. The summed E-state index contributed by atoms with van der Waals surface area (Å²) in [6, 6.07) is 15.5. The van der Waals surface area contributed by atoms with Crippen LogP contribution in [-0.4, -0.2) is 10.9 Å². The van der Waals surface area contributed by atoms with Crippen LogP contribution in [0.25, 0.3) is 10.9 Å². The van der Waals surface area contributed by atoms with Gasteiger partial charge in [-0.25, -0.2) is 0 Å². The average Bonchev–Trinajstić information content (AvgIpc) is 2.55. The number of para-hydroxylation sites is 1. The van der Waals surface area contributed by atoms with Crippen LogP contribution in [0, 0.1) is 6.92 Å². The number of allylic oxidation sites excluding steroid dienone is 1. The number of hydrogen-bond acceptors (Lipinski definition) is 2. The van der Waals surface area contributed by atoms with Gasteiger partial charge in [-0.1, -0.05) is 42.5 Å². The first-order valence-corrected chi connectivity index (χ1v) is 7.55. The number of nitrogens with one attached hydrogen (secondary N) is 1. The Morgan fingerprint density at radius 1 is 1.17 bits per heavy atom. The molecule has 23 heavy (non-hydrogen) atoms. The molecule has 0 fully saturated rings. The molecule has 0 atom stereocenters. The summed E-state index contributed by atoms with van der Waals surface area (Å²) in [6.45, 7) is 5.72. The minimum Gasteiger partial charge on any atom is -0.320 e. The van der Waals surface area contributed by atoms with E-state index in [1.54, 1.807) is 6.20 Å². The fraction of sp³-hybridized carbons (Fsp3) is 0.100. The van der Waals surface area contributed by atoms with Gasteiger partial charge in [0, 0.05) is 17.1 Å². The van der Waals surface area contributed by atoms with Gasteiger partial charge in [-0.05, 0) is 36.6 Å². The SMILES string of the molecule is C=CCc1cccc(C)c1C(=O)Nc1cccc2cccnc12. The van der Waals surface area contributed by atoms with Crippen molar-refractivity contribution in [2.45, 2.75) is 13.3 Å². The Kier molecular flexibility index (Phi) is 4.20. The van der Waals surface area contributed by atoms with Crippen LogP contribution in [0.1, 0.15) is 21.5 Å². The van der Waals surface area contributed by atoms with Crippen molar-refractivity contribution in [1.82, 2.24) is 4.98 Å². The number of carbonyl (C=O) groups is 1. The highest BCUT2D eigenvalue weighted by molar-refractivity contribution is 6.09. The maximum atomic E-state index is 12.8. The average molecular weight is 302 g/mol. The van der Waals surface area contributed by atoms with Gasteiger partial charge in [0.1, 0.15) is 0 Å². The van der Waals surface area contributed by atoms with Gasteiger partial charge in [-0.2, -0.15) is 0 Å². The molecular weight excluding hydrogens is 284 g/mol. The molecule has 114 valence electrons. The zero-order valence-corrected chi connectivity index (χ0v) is 13.0. The number of anilines is 1. The molecule has 0 saturated carbocycles. The number of rotatable bonds is 4. The third-order valence-corrected chi connectivity index (χ3v) is 3.83. The Hall–Kier alpha value is -2.94. The number of hydrogen-bond donors (Lipinski definition) is 1. The Morgan fingerprint density at radius 2 is 1.96 bits per heavy atom. The number of nitrogens with zero attached hydrogens (tertiary/aromatic N) is 1. The number of benzene rings is 2. The second-order valence-corrected chi connectivity index (χ2v) is 5.44. The van der Waals surface area contributed by atoms with Gasteiger partial charge in [0.15, 0.2) is 0 Å². The van der Waals surface area contributed by atoms with Gasteiger partial charge in [0.25, 0.3) is 5.91 Å². The van der Waals surface area contributed by atoms with E-state index in [2.05, 4.69) is 16.9 Å². The molecule has 1 heterocycles. The summed E-state index contributed by atoms with van der Waals surface area (Å²) in [5.74, 6) is -0.113. The third kappa shape index (κ3) is 2.99. The van der Waals surface area contributed by atoms with E-state index in [4.69, 9.17) is 0 Å². The molecule has 0 spiro atoms. The molecule has 3 rings (SSSR count). The van der Waals surface area contributed by atoms with Gasteiger partial charge >= 0.3 is 0 Å². The van der Waals surface area contributed by atoms with Crippen molar-refractivity contribution in [2.24, 2.45) is 0 Å². The van der Waals surface area contributed by atoms with Gasteiger partial charge in [0.05, 0.1) is 11.2 Å². The van der Waals surface area contributed by atoms with E-state index in [-0.39, 0.29) is 5.91 Å². The van der Waals surface area contributed by atoms with Crippen molar-refractivity contribution < 1.29 is 4.79 Å². The van der Waals surface area contributed by atoms with E-state index >= 15 is 0 Å². The molecule has 1 N–H and O–H groups in total. The molecule has 0 unspecified atom stereocenters. The number of pyridine rings is 1. The molecular formula is C20H18N2O. The lowest BCUT2D eigenvalue weighted by molar-refractivity contribution is 0.102. The number of fused-ring (bicyclic) bond motifs is 1. The van der Waals surface area contributed by atoms with Crippen LogP contribution in [0.3, 0.4) is 0 Å². The minimum atomic E-state index is -0.113. The molecule has 0 bridgehead atoms. The van der Waals surface area contributed by atoms with Gasteiger partial charge < -0.3 is 5.32 Å². The molecule has 3 aromatic rings. The monoisotopic (exact) mass is 302 g/mol. The van der Waals surface area contributed by atoms with E-state index in [1.807, 2.05) is 61.5 Å². The molecule has 0 aliphatic carbocycles. The largest absolute Gasteiger partial charge is 0.320 e. The lowest BCUT2D eigenvalue weighted by Gasteiger charge is -2.13. The second kappa shape index (κ2) is 6.44. The van der Waals surface area contributed by atoms with E-state index in [9.17, 15) is 4.79 Å². The number of amides is 1.